The lowest BCUT2D eigenvalue weighted by Gasteiger charge is -2.15. The zero-order chi connectivity index (χ0) is 16.5. The molecule has 0 fully saturated rings. The van der Waals surface area contributed by atoms with Crippen molar-refractivity contribution in [2.24, 2.45) is 0 Å². The molecule has 6 nitrogen and oxygen atoms in total. The van der Waals surface area contributed by atoms with Crippen molar-refractivity contribution < 1.29 is 4.39 Å². The Bertz CT molecular complexity index is 901. The Kier molecular flexibility index (Phi) is 3.43. The highest BCUT2D eigenvalue weighted by atomic mass is 19.1. The Morgan fingerprint density at radius 1 is 1.17 bits per heavy atom. The number of aromatic nitrogens is 4. The third-order valence-corrected chi connectivity index (χ3v) is 3.92. The molecular formula is C17H13FN6. The Morgan fingerprint density at radius 3 is 2.75 bits per heavy atom. The molecule has 7 heteroatoms. The molecule has 0 unspecified atom stereocenters. The van der Waals surface area contributed by atoms with Crippen LogP contribution < -0.4 is 4.90 Å². The molecule has 24 heavy (non-hydrogen) atoms. The summed E-state index contributed by atoms with van der Waals surface area (Å²) in [6.45, 7) is 1.88. The van der Waals surface area contributed by atoms with Gasteiger partial charge in [-0.25, -0.2) is 14.4 Å². The summed E-state index contributed by atoms with van der Waals surface area (Å²) in [6, 6.07) is 10.0. The number of benzene rings is 1. The van der Waals surface area contributed by atoms with Crippen LogP contribution in [0.1, 0.15) is 22.5 Å². The molecular weight excluding hydrogens is 307 g/mol. The van der Waals surface area contributed by atoms with E-state index in [-0.39, 0.29) is 5.82 Å². The number of anilines is 1. The van der Waals surface area contributed by atoms with Gasteiger partial charge in [-0.2, -0.15) is 10.4 Å². The first kappa shape index (κ1) is 14.3. The van der Waals surface area contributed by atoms with Crippen LogP contribution in [-0.4, -0.2) is 19.7 Å². The summed E-state index contributed by atoms with van der Waals surface area (Å²) >= 11 is 0. The second-order valence-corrected chi connectivity index (χ2v) is 5.63. The summed E-state index contributed by atoms with van der Waals surface area (Å²) in [5.41, 5.74) is 3.44. The summed E-state index contributed by atoms with van der Waals surface area (Å²) in [7, 11) is 0. The number of hydrogen-bond acceptors (Lipinski definition) is 5. The van der Waals surface area contributed by atoms with Crippen molar-refractivity contribution >= 4 is 5.95 Å². The predicted molar refractivity (Wildman–Crippen MR) is 84.4 cm³/mol. The van der Waals surface area contributed by atoms with Crippen molar-refractivity contribution in [3.63, 3.8) is 0 Å². The van der Waals surface area contributed by atoms with E-state index in [1.165, 1.54) is 12.1 Å². The molecule has 0 N–H and O–H groups in total. The van der Waals surface area contributed by atoms with Crippen molar-refractivity contribution in [2.45, 2.75) is 19.6 Å². The van der Waals surface area contributed by atoms with Crippen molar-refractivity contribution in [1.29, 1.82) is 5.26 Å². The fourth-order valence-corrected chi connectivity index (χ4v) is 2.77. The minimum absolute atomic E-state index is 0.239. The number of halogens is 1. The van der Waals surface area contributed by atoms with Crippen LogP contribution >= 0.6 is 0 Å². The minimum Gasteiger partial charge on any atom is -0.330 e. The van der Waals surface area contributed by atoms with Crippen LogP contribution in [-0.2, 0) is 19.6 Å². The highest BCUT2D eigenvalue weighted by Gasteiger charge is 2.24. The van der Waals surface area contributed by atoms with Gasteiger partial charge >= 0.3 is 0 Å². The molecule has 0 bridgehead atoms. The first-order valence-electron chi connectivity index (χ1n) is 7.49. The zero-order valence-corrected chi connectivity index (χ0v) is 12.7. The van der Waals surface area contributed by atoms with E-state index in [2.05, 4.69) is 15.1 Å². The monoisotopic (exact) mass is 320 g/mol. The lowest BCUT2D eigenvalue weighted by molar-refractivity contribution is 0.623. The highest BCUT2D eigenvalue weighted by molar-refractivity contribution is 5.41. The molecule has 0 atom stereocenters. The highest BCUT2D eigenvalue weighted by Crippen LogP contribution is 2.25. The van der Waals surface area contributed by atoms with Crippen LogP contribution in [0.4, 0.5) is 10.3 Å². The van der Waals surface area contributed by atoms with Gasteiger partial charge in [0.1, 0.15) is 17.6 Å². The lowest BCUT2D eigenvalue weighted by Crippen LogP contribution is -2.19. The first-order valence-corrected chi connectivity index (χ1v) is 7.49. The van der Waals surface area contributed by atoms with E-state index >= 15 is 0 Å². The van der Waals surface area contributed by atoms with Gasteiger partial charge in [-0.1, -0.05) is 12.1 Å². The second-order valence-electron chi connectivity index (χ2n) is 5.63. The average Bonchev–Trinajstić information content (AvgIpc) is 3.15. The molecule has 0 spiro atoms. The summed E-state index contributed by atoms with van der Waals surface area (Å²) in [5, 5.41) is 13.5. The summed E-state index contributed by atoms with van der Waals surface area (Å²) < 4.78 is 14.8. The van der Waals surface area contributed by atoms with Crippen molar-refractivity contribution in [2.75, 3.05) is 4.90 Å². The third-order valence-electron chi connectivity index (χ3n) is 3.92. The molecule has 0 aliphatic carbocycles. The topological polar surface area (TPSA) is 70.6 Å². The molecule has 3 aromatic rings. The maximum atomic E-state index is 13.0. The summed E-state index contributed by atoms with van der Waals surface area (Å²) in [5.74, 6) is 0.300. The normalized spacial score (nSPS) is 12.9. The van der Waals surface area contributed by atoms with E-state index in [0.717, 1.165) is 16.8 Å². The average molecular weight is 320 g/mol. The van der Waals surface area contributed by atoms with Crippen LogP contribution in [0, 0.1) is 17.1 Å². The number of nitrogens with zero attached hydrogens (tertiary/aromatic N) is 6. The van der Waals surface area contributed by atoms with E-state index in [0.29, 0.717) is 31.3 Å². The maximum Gasteiger partial charge on any atom is 0.227 e. The molecule has 0 radical (unpaired) electrons. The van der Waals surface area contributed by atoms with Gasteiger partial charge in [0.2, 0.25) is 5.95 Å². The molecule has 2 aromatic heterocycles. The molecule has 0 saturated heterocycles. The number of fused-ring (bicyclic) bond motifs is 1. The number of hydrogen-bond donors (Lipinski definition) is 0. The fourth-order valence-electron chi connectivity index (χ4n) is 2.77. The zero-order valence-electron chi connectivity index (χ0n) is 12.7. The van der Waals surface area contributed by atoms with E-state index in [1.807, 2.05) is 21.8 Å². The van der Waals surface area contributed by atoms with E-state index < -0.39 is 0 Å². The Labute approximate surface area is 137 Å². The van der Waals surface area contributed by atoms with Gasteiger partial charge in [-0.15, -0.1) is 0 Å². The molecule has 1 aromatic carbocycles. The van der Waals surface area contributed by atoms with Gasteiger partial charge in [-0.3, -0.25) is 4.68 Å². The fraction of sp³-hybridized carbons (Fsp3) is 0.176. The smallest absolute Gasteiger partial charge is 0.227 e. The van der Waals surface area contributed by atoms with E-state index in [1.54, 1.807) is 24.4 Å². The molecule has 1 aliphatic heterocycles. The molecule has 4 rings (SSSR count). The minimum atomic E-state index is -0.239. The Morgan fingerprint density at radius 2 is 2.00 bits per heavy atom. The van der Waals surface area contributed by atoms with Crippen LogP contribution in [0.15, 0.2) is 42.7 Å². The van der Waals surface area contributed by atoms with Gasteiger partial charge in [-0.05, 0) is 23.8 Å². The van der Waals surface area contributed by atoms with Crippen LogP contribution in [0.5, 0.6) is 0 Å². The standard InChI is InChI=1S/C17H13FN6/c18-14-3-1-12(2-4-14)8-24-10-13-9-23(11-16(13)22-24)17-20-6-5-15(7-19)21-17/h1-6,10H,8-9,11H2. The van der Waals surface area contributed by atoms with Gasteiger partial charge in [0.05, 0.1) is 18.8 Å². The van der Waals surface area contributed by atoms with Gasteiger partial charge in [0.25, 0.3) is 0 Å². The molecule has 3 heterocycles. The van der Waals surface area contributed by atoms with Crippen molar-refractivity contribution in [1.82, 2.24) is 19.7 Å². The molecule has 0 amide bonds. The quantitative estimate of drug-likeness (QED) is 0.740. The largest absolute Gasteiger partial charge is 0.330 e. The van der Waals surface area contributed by atoms with Crippen LogP contribution in [0.3, 0.4) is 0 Å². The van der Waals surface area contributed by atoms with Crippen LogP contribution in [0.25, 0.3) is 0 Å². The molecule has 0 saturated carbocycles. The van der Waals surface area contributed by atoms with E-state index in [9.17, 15) is 4.39 Å². The molecule has 1 aliphatic rings. The van der Waals surface area contributed by atoms with Gasteiger partial charge < -0.3 is 4.90 Å². The summed E-state index contributed by atoms with van der Waals surface area (Å²) in [4.78, 5) is 10.4. The number of rotatable bonds is 3. The van der Waals surface area contributed by atoms with Crippen molar-refractivity contribution in [3.05, 3.63) is 71.1 Å². The molecule has 118 valence electrons. The van der Waals surface area contributed by atoms with Gasteiger partial charge in [0, 0.05) is 24.5 Å². The maximum absolute atomic E-state index is 13.0. The summed E-state index contributed by atoms with van der Waals surface area (Å²) in [6.07, 6.45) is 3.58. The first-order chi connectivity index (χ1) is 11.7. The van der Waals surface area contributed by atoms with Crippen molar-refractivity contribution in [3.8, 4) is 6.07 Å². The van der Waals surface area contributed by atoms with E-state index in [4.69, 9.17) is 5.26 Å². The Balaban J connectivity index is 1.49. The SMILES string of the molecule is N#Cc1ccnc(N2Cc3cn(Cc4ccc(F)cc4)nc3C2)n1. The van der Waals surface area contributed by atoms with Gasteiger partial charge in [0.15, 0.2) is 0 Å². The number of nitriles is 1. The lowest BCUT2D eigenvalue weighted by atomic mass is 10.2. The van der Waals surface area contributed by atoms with Crippen LogP contribution in [0.2, 0.25) is 0 Å². The third kappa shape index (κ3) is 2.70. The second kappa shape index (κ2) is 5.74. The Hall–Kier alpha value is -3.27. The predicted octanol–water partition coefficient (Wildman–Crippen LogP) is 2.25.